The zero-order chi connectivity index (χ0) is 9.40. The molecule has 0 radical (unpaired) electrons. The number of nitrogens with zero attached hydrogens (tertiary/aromatic N) is 1. The van der Waals surface area contributed by atoms with Crippen LogP contribution in [0.5, 0.6) is 0 Å². The average molecular weight is 201 g/mol. The van der Waals surface area contributed by atoms with Gasteiger partial charge in [0.2, 0.25) is 0 Å². The lowest BCUT2D eigenvalue weighted by Crippen LogP contribution is -2.11. The van der Waals surface area contributed by atoms with E-state index in [-0.39, 0.29) is 0 Å². The maximum Gasteiger partial charge on any atom is 0.141 e. The zero-order valence-corrected chi connectivity index (χ0v) is 9.24. The second-order valence-electron chi connectivity index (χ2n) is 2.28. The molecule has 0 amide bonds. The monoisotopic (exact) mass is 201 g/mol. The molecule has 68 valence electrons. The van der Waals surface area contributed by atoms with Crippen LogP contribution in [0.15, 0.2) is 24.6 Å². The van der Waals surface area contributed by atoms with Crippen LogP contribution >= 0.6 is 24.8 Å². The van der Waals surface area contributed by atoms with Crippen LogP contribution in [-0.2, 0) is 0 Å². The van der Waals surface area contributed by atoms with Gasteiger partial charge in [0.25, 0.3) is 0 Å². The van der Waals surface area contributed by atoms with Crippen LogP contribution in [0.3, 0.4) is 0 Å². The van der Waals surface area contributed by atoms with Gasteiger partial charge in [-0.3, -0.25) is 0 Å². The van der Waals surface area contributed by atoms with E-state index in [1.807, 2.05) is 29.5 Å². The minimum atomic E-state index is 0.574. The van der Waals surface area contributed by atoms with Gasteiger partial charge in [0, 0.05) is 12.4 Å². The SMILES string of the molecule is CCC=CN(C=CCC)C(=S)S. The fourth-order valence-electron chi connectivity index (χ4n) is 0.615. The first-order valence-electron chi connectivity index (χ1n) is 4.07. The summed E-state index contributed by atoms with van der Waals surface area (Å²) in [4.78, 5) is 1.82. The Balaban J connectivity index is 4.13. The summed E-state index contributed by atoms with van der Waals surface area (Å²) in [6.45, 7) is 4.17. The summed E-state index contributed by atoms with van der Waals surface area (Å²) in [6.07, 6.45) is 9.97. The van der Waals surface area contributed by atoms with Crippen LogP contribution < -0.4 is 0 Å². The third kappa shape index (κ3) is 5.38. The Morgan fingerprint density at radius 1 is 1.25 bits per heavy atom. The van der Waals surface area contributed by atoms with E-state index in [0.29, 0.717) is 4.32 Å². The fourth-order valence-corrected chi connectivity index (χ4v) is 0.870. The van der Waals surface area contributed by atoms with Gasteiger partial charge in [0.15, 0.2) is 0 Å². The topological polar surface area (TPSA) is 3.24 Å². The van der Waals surface area contributed by atoms with Gasteiger partial charge in [-0.25, -0.2) is 0 Å². The molecule has 0 rings (SSSR count). The average Bonchev–Trinajstić information content (AvgIpc) is 2.04. The molecule has 3 heteroatoms. The summed E-state index contributed by atoms with van der Waals surface area (Å²) in [5, 5.41) is 0. The van der Waals surface area contributed by atoms with Crippen LogP contribution in [0.25, 0.3) is 0 Å². The Morgan fingerprint density at radius 2 is 1.67 bits per heavy atom. The number of hydrogen-bond donors (Lipinski definition) is 1. The molecule has 0 unspecified atom stereocenters. The molecule has 0 aliphatic heterocycles. The molecule has 0 N–H and O–H groups in total. The molecule has 0 atom stereocenters. The second kappa shape index (κ2) is 7.37. The van der Waals surface area contributed by atoms with Crippen molar-refractivity contribution in [1.29, 1.82) is 0 Å². The van der Waals surface area contributed by atoms with E-state index >= 15 is 0 Å². The number of allylic oxidation sites excluding steroid dienone is 2. The third-order valence-corrected chi connectivity index (χ3v) is 1.67. The van der Waals surface area contributed by atoms with Gasteiger partial charge < -0.3 is 4.90 Å². The lowest BCUT2D eigenvalue weighted by atomic mass is 10.4. The van der Waals surface area contributed by atoms with Gasteiger partial charge >= 0.3 is 0 Å². The Bertz CT molecular complexity index is 171. The van der Waals surface area contributed by atoms with Crippen molar-refractivity contribution in [2.24, 2.45) is 0 Å². The Labute approximate surface area is 85.6 Å². The van der Waals surface area contributed by atoms with Crippen molar-refractivity contribution >= 4 is 29.2 Å². The van der Waals surface area contributed by atoms with Gasteiger partial charge in [-0.05, 0) is 12.8 Å². The molecule has 0 fully saturated rings. The van der Waals surface area contributed by atoms with Gasteiger partial charge in [-0.15, -0.1) is 12.6 Å². The molecule has 0 saturated carbocycles. The number of thiol groups is 1. The number of rotatable bonds is 4. The zero-order valence-electron chi connectivity index (χ0n) is 7.53. The van der Waals surface area contributed by atoms with Crippen molar-refractivity contribution in [3.8, 4) is 0 Å². The molecule has 12 heavy (non-hydrogen) atoms. The van der Waals surface area contributed by atoms with E-state index < -0.39 is 0 Å². The molecule has 0 aliphatic carbocycles. The van der Waals surface area contributed by atoms with E-state index in [9.17, 15) is 0 Å². The maximum atomic E-state index is 4.93. The third-order valence-electron chi connectivity index (χ3n) is 1.22. The highest BCUT2D eigenvalue weighted by Gasteiger charge is 1.94. The molecule has 0 aromatic heterocycles. The molecule has 0 spiro atoms. The summed E-state index contributed by atoms with van der Waals surface area (Å²) in [7, 11) is 0. The first-order valence-corrected chi connectivity index (χ1v) is 4.92. The number of thiocarbonyl (C=S) groups is 1. The predicted octanol–water partition coefficient (Wildman–Crippen LogP) is 3.35. The van der Waals surface area contributed by atoms with Crippen molar-refractivity contribution < 1.29 is 0 Å². The molecule has 0 aromatic rings. The van der Waals surface area contributed by atoms with Crippen LogP contribution in [0.1, 0.15) is 26.7 Å². The Kier molecular flexibility index (Phi) is 7.20. The predicted molar refractivity (Wildman–Crippen MR) is 62.3 cm³/mol. The molecular weight excluding hydrogens is 186 g/mol. The van der Waals surface area contributed by atoms with Gasteiger partial charge in [-0.1, -0.05) is 38.2 Å². The molecule has 0 bridgehead atoms. The maximum absolute atomic E-state index is 4.93. The highest BCUT2D eigenvalue weighted by molar-refractivity contribution is 8.10. The van der Waals surface area contributed by atoms with Crippen molar-refractivity contribution in [2.75, 3.05) is 0 Å². The van der Waals surface area contributed by atoms with Gasteiger partial charge in [0.05, 0.1) is 0 Å². The summed E-state index contributed by atoms with van der Waals surface area (Å²) in [6, 6.07) is 0. The summed E-state index contributed by atoms with van der Waals surface area (Å²) in [5.41, 5.74) is 0. The molecule has 1 nitrogen and oxygen atoms in total. The Hall–Kier alpha value is -0.280. The lowest BCUT2D eigenvalue weighted by molar-refractivity contribution is 0.779. The summed E-state index contributed by atoms with van der Waals surface area (Å²) < 4.78 is 0.574. The first kappa shape index (κ1) is 11.7. The van der Waals surface area contributed by atoms with Crippen LogP contribution in [-0.4, -0.2) is 9.22 Å². The molecule has 0 saturated heterocycles. The van der Waals surface area contributed by atoms with E-state index in [1.165, 1.54) is 0 Å². The Morgan fingerprint density at radius 3 is 1.92 bits per heavy atom. The molecular formula is C9H15NS2. The second-order valence-corrected chi connectivity index (χ2v) is 3.39. The highest BCUT2D eigenvalue weighted by Crippen LogP contribution is 2.00. The number of hydrogen-bond acceptors (Lipinski definition) is 1. The van der Waals surface area contributed by atoms with Gasteiger partial charge in [-0.2, -0.15) is 0 Å². The van der Waals surface area contributed by atoms with Crippen molar-refractivity contribution in [2.45, 2.75) is 26.7 Å². The first-order chi connectivity index (χ1) is 5.72. The van der Waals surface area contributed by atoms with Gasteiger partial charge in [0.1, 0.15) is 4.32 Å². The standard InChI is InChI=1S/C9H15NS2/c1-3-5-7-10(9(11)12)8-6-4-2/h5-8H,3-4H2,1-2H3,(H,11,12). The normalized spacial score (nSPS) is 11.2. The summed E-state index contributed by atoms with van der Waals surface area (Å²) in [5.74, 6) is 0. The fraction of sp³-hybridized carbons (Fsp3) is 0.444. The lowest BCUT2D eigenvalue weighted by Gasteiger charge is -2.11. The van der Waals surface area contributed by atoms with E-state index in [0.717, 1.165) is 12.8 Å². The minimum absolute atomic E-state index is 0.574. The highest BCUT2D eigenvalue weighted by atomic mass is 32.1. The van der Waals surface area contributed by atoms with E-state index in [4.69, 9.17) is 12.2 Å². The van der Waals surface area contributed by atoms with Crippen LogP contribution in [0.2, 0.25) is 0 Å². The molecule has 0 aromatic carbocycles. The minimum Gasteiger partial charge on any atom is -0.310 e. The molecule has 0 heterocycles. The van der Waals surface area contributed by atoms with Crippen LogP contribution in [0, 0.1) is 0 Å². The van der Waals surface area contributed by atoms with Crippen molar-refractivity contribution in [1.82, 2.24) is 4.90 Å². The molecule has 0 aliphatic rings. The van der Waals surface area contributed by atoms with Crippen LogP contribution in [0.4, 0.5) is 0 Å². The van der Waals surface area contributed by atoms with Crippen molar-refractivity contribution in [3.05, 3.63) is 24.6 Å². The smallest absolute Gasteiger partial charge is 0.141 e. The van der Waals surface area contributed by atoms with E-state index in [2.05, 4.69) is 26.5 Å². The summed E-state index contributed by atoms with van der Waals surface area (Å²) >= 11 is 9.02. The quantitative estimate of drug-likeness (QED) is 0.549. The van der Waals surface area contributed by atoms with E-state index in [1.54, 1.807) is 0 Å². The largest absolute Gasteiger partial charge is 0.310 e. The van der Waals surface area contributed by atoms with Crippen molar-refractivity contribution in [3.63, 3.8) is 0 Å².